The SMILES string of the molecule is CONC(=O)NC(=O)C(Cl)(Cl)Cl. The second kappa shape index (κ2) is 4.71. The fourth-order valence-electron chi connectivity index (χ4n) is 0.292. The van der Waals surface area contributed by atoms with Crippen LogP contribution in [0.1, 0.15) is 0 Å². The highest BCUT2D eigenvalue weighted by molar-refractivity contribution is 6.76. The molecule has 8 heteroatoms. The summed E-state index contributed by atoms with van der Waals surface area (Å²) in [5.41, 5.74) is 1.80. The number of urea groups is 1. The summed E-state index contributed by atoms with van der Waals surface area (Å²) >= 11 is 15.4. The molecule has 0 aromatic carbocycles. The topological polar surface area (TPSA) is 67.4 Å². The van der Waals surface area contributed by atoms with Gasteiger partial charge in [0.1, 0.15) is 0 Å². The van der Waals surface area contributed by atoms with E-state index in [1.54, 1.807) is 10.8 Å². The maximum absolute atomic E-state index is 10.7. The first-order valence-electron chi connectivity index (χ1n) is 2.59. The van der Waals surface area contributed by atoms with Gasteiger partial charge >= 0.3 is 6.03 Å². The van der Waals surface area contributed by atoms with Crippen LogP contribution in [0.25, 0.3) is 0 Å². The molecule has 5 nitrogen and oxygen atoms in total. The van der Waals surface area contributed by atoms with Crippen molar-refractivity contribution >= 4 is 46.7 Å². The molecule has 0 rings (SSSR count). The average Bonchev–Trinajstić information content (AvgIpc) is 1.85. The number of carbonyl (C=O) groups is 2. The van der Waals surface area contributed by atoms with Crippen LogP contribution in [-0.4, -0.2) is 22.8 Å². The van der Waals surface area contributed by atoms with E-state index in [-0.39, 0.29) is 0 Å². The van der Waals surface area contributed by atoms with Crippen LogP contribution < -0.4 is 10.8 Å². The van der Waals surface area contributed by atoms with Crippen molar-refractivity contribution in [2.24, 2.45) is 0 Å². The lowest BCUT2D eigenvalue weighted by Gasteiger charge is -2.09. The largest absolute Gasteiger partial charge is 0.345 e. The van der Waals surface area contributed by atoms with E-state index in [1.165, 1.54) is 7.11 Å². The third-order valence-corrected chi connectivity index (χ3v) is 1.19. The second-order valence-corrected chi connectivity index (χ2v) is 3.87. The summed E-state index contributed by atoms with van der Waals surface area (Å²) in [6.45, 7) is 0. The zero-order chi connectivity index (χ0) is 9.78. The number of hydroxylamine groups is 1. The molecule has 0 spiro atoms. The van der Waals surface area contributed by atoms with Gasteiger partial charge in [0.25, 0.3) is 9.70 Å². The van der Waals surface area contributed by atoms with Crippen molar-refractivity contribution in [3.63, 3.8) is 0 Å². The van der Waals surface area contributed by atoms with Crippen molar-refractivity contribution in [2.75, 3.05) is 7.11 Å². The summed E-state index contributed by atoms with van der Waals surface area (Å²) in [4.78, 5) is 25.5. The molecule has 0 heterocycles. The monoisotopic (exact) mass is 234 g/mol. The Labute approximate surface area is 83.2 Å². The first-order chi connectivity index (χ1) is 5.38. The van der Waals surface area contributed by atoms with Crippen molar-refractivity contribution in [2.45, 2.75) is 3.79 Å². The van der Waals surface area contributed by atoms with Crippen molar-refractivity contribution in [3.8, 4) is 0 Å². The highest BCUT2D eigenvalue weighted by atomic mass is 35.6. The molecule has 0 saturated heterocycles. The minimum absolute atomic E-state index is 0.908. The number of halogens is 3. The number of hydrogen-bond acceptors (Lipinski definition) is 3. The van der Waals surface area contributed by atoms with Gasteiger partial charge in [0.2, 0.25) is 0 Å². The van der Waals surface area contributed by atoms with Gasteiger partial charge in [-0.25, -0.2) is 10.3 Å². The number of amides is 3. The zero-order valence-electron chi connectivity index (χ0n) is 5.86. The summed E-state index contributed by atoms with van der Waals surface area (Å²) in [5.74, 6) is -1.05. The van der Waals surface area contributed by atoms with E-state index < -0.39 is 15.7 Å². The fraction of sp³-hybridized carbons (Fsp3) is 0.500. The molecule has 0 bridgehead atoms. The fourth-order valence-corrected chi connectivity index (χ4v) is 0.434. The summed E-state index contributed by atoms with van der Waals surface area (Å²) in [6.07, 6.45) is 0. The van der Waals surface area contributed by atoms with E-state index in [1.807, 2.05) is 0 Å². The van der Waals surface area contributed by atoms with Gasteiger partial charge in [-0.3, -0.25) is 14.9 Å². The molecule has 2 N–H and O–H groups in total. The molecule has 0 fully saturated rings. The minimum Gasteiger partial charge on any atom is -0.276 e. The van der Waals surface area contributed by atoms with E-state index >= 15 is 0 Å². The molecule has 0 radical (unpaired) electrons. The highest BCUT2D eigenvalue weighted by Gasteiger charge is 2.31. The van der Waals surface area contributed by atoms with Crippen molar-refractivity contribution in [1.29, 1.82) is 0 Å². The van der Waals surface area contributed by atoms with Crippen molar-refractivity contribution in [3.05, 3.63) is 0 Å². The molecule has 0 aliphatic rings. The summed E-state index contributed by atoms with van der Waals surface area (Å²) in [7, 11) is 1.19. The van der Waals surface area contributed by atoms with Crippen LogP contribution in [0.2, 0.25) is 0 Å². The van der Waals surface area contributed by atoms with Gasteiger partial charge in [-0.1, -0.05) is 34.8 Å². The van der Waals surface area contributed by atoms with Gasteiger partial charge in [0.15, 0.2) is 0 Å². The minimum atomic E-state index is -2.16. The van der Waals surface area contributed by atoms with E-state index in [9.17, 15) is 9.59 Å². The molecule has 0 atom stereocenters. The Bertz CT molecular complexity index is 190. The molecule has 0 saturated carbocycles. The quantitative estimate of drug-likeness (QED) is 0.520. The molecule has 12 heavy (non-hydrogen) atoms. The van der Waals surface area contributed by atoms with Crippen molar-refractivity contribution < 1.29 is 14.4 Å². The molecule has 0 aliphatic heterocycles. The normalized spacial score (nSPS) is 10.7. The molecule has 3 amide bonds. The van der Waals surface area contributed by atoms with E-state index in [4.69, 9.17) is 34.8 Å². The van der Waals surface area contributed by atoms with Gasteiger partial charge in [0.05, 0.1) is 7.11 Å². The number of nitrogens with one attached hydrogen (secondary N) is 2. The average molecular weight is 235 g/mol. The van der Waals surface area contributed by atoms with Crippen molar-refractivity contribution in [1.82, 2.24) is 10.8 Å². The predicted molar refractivity (Wildman–Crippen MR) is 44.0 cm³/mol. The Morgan fingerprint density at radius 2 is 1.83 bits per heavy atom. The summed E-state index contributed by atoms with van der Waals surface area (Å²) in [5, 5.41) is 1.71. The molecule has 0 aromatic heterocycles. The molecule has 0 aliphatic carbocycles. The maximum Gasteiger partial charge on any atom is 0.345 e. The third kappa shape index (κ3) is 4.61. The molecular formula is C4H5Cl3N2O3. The first kappa shape index (κ1) is 11.8. The van der Waals surface area contributed by atoms with Crippen LogP contribution in [0, 0.1) is 0 Å². The third-order valence-electron chi connectivity index (χ3n) is 0.679. The summed E-state index contributed by atoms with van der Waals surface area (Å²) in [6, 6.07) is -0.908. The second-order valence-electron chi connectivity index (χ2n) is 1.59. The Kier molecular flexibility index (Phi) is 4.62. The number of hydrogen-bond donors (Lipinski definition) is 2. The van der Waals surface area contributed by atoms with Gasteiger partial charge in [-0.15, -0.1) is 0 Å². The highest BCUT2D eigenvalue weighted by Crippen LogP contribution is 2.25. The van der Waals surface area contributed by atoms with Gasteiger partial charge in [-0.2, -0.15) is 0 Å². The number of carbonyl (C=O) groups excluding carboxylic acids is 2. The number of alkyl halides is 3. The van der Waals surface area contributed by atoms with Crippen LogP contribution in [0.5, 0.6) is 0 Å². The van der Waals surface area contributed by atoms with Crippen LogP contribution >= 0.6 is 34.8 Å². The molecule has 70 valence electrons. The number of imide groups is 1. The van der Waals surface area contributed by atoms with Crippen LogP contribution in [0.3, 0.4) is 0 Å². The Hall–Kier alpha value is -0.230. The molecule has 0 aromatic rings. The standard InChI is InChI=1S/C4H5Cl3N2O3/c1-12-9-3(11)8-2(10)4(5,6)7/h1H3,(H2,8,9,10,11). The smallest absolute Gasteiger partial charge is 0.276 e. The Morgan fingerprint density at radius 1 is 1.33 bits per heavy atom. The van der Waals surface area contributed by atoms with E-state index in [0.717, 1.165) is 0 Å². The van der Waals surface area contributed by atoms with Gasteiger partial charge < -0.3 is 0 Å². The van der Waals surface area contributed by atoms with Crippen LogP contribution in [0.4, 0.5) is 4.79 Å². The zero-order valence-corrected chi connectivity index (χ0v) is 8.13. The predicted octanol–water partition coefficient (Wildman–Crippen LogP) is 0.744. The molecular weight excluding hydrogens is 230 g/mol. The number of rotatable bonds is 1. The Balaban J connectivity index is 3.94. The lowest BCUT2D eigenvalue weighted by atomic mass is 10.7. The van der Waals surface area contributed by atoms with Gasteiger partial charge in [-0.05, 0) is 0 Å². The lowest BCUT2D eigenvalue weighted by molar-refractivity contribution is -0.119. The maximum atomic E-state index is 10.7. The summed E-state index contributed by atoms with van der Waals surface area (Å²) < 4.78 is -2.16. The first-order valence-corrected chi connectivity index (χ1v) is 3.72. The Morgan fingerprint density at radius 3 is 2.17 bits per heavy atom. The molecule has 0 unspecified atom stereocenters. The lowest BCUT2D eigenvalue weighted by Crippen LogP contribution is -2.44. The van der Waals surface area contributed by atoms with Crippen LogP contribution in [-0.2, 0) is 9.63 Å². The van der Waals surface area contributed by atoms with E-state index in [2.05, 4.69) is 4.84 Å². The van der Waals surface area contributed by atoms with Gasteiger partial charge in [0, 0.05) is 0 Å². The van der Waals surface area contributed by atoms with Crippen LogP contribution in [0.15, 0.2) is 0 Å². The van der Waals surface area contributed by atoms with E-state index in [0.29, 0.717) is 0 Å².